The maximum Gasteiger partial charge on any atom is 0.490 e. The van der Waals surface area contributed by atoms with Gasteiger partial charge in [0.2, 0.25) is 0 Å². The lowest BCUT2D eigenvalue weighted by molar-refractivity contribution is -0.192. The highest BCUT2D eigenvalue weighted by Crippen LogP contribution is 2.33. The zero-order chi connectivity index (χ0) is 30.5. The average molecular weight is 613 g/mol. The molecule has 0 spiro atoms. The number of nitrogens with one attached hydrogen (secondary N) is 2. The number of hydrogen-bond acceptors (Lipinski definition) is 7. The summed E-state index contributed by atoms with van der Waals surface area (Å²) in [5.74, 6) is -5.05. The minimum atomic E-state index is -5.08. The van der Waals surface area contributed by atoms with Gasteiger partial charge in [0.05, 0.1) is 15.4 Å². The number of carboxylic acids is 2. The number of benzene rings is 2. The maximum absolute atomic E-state index is 14.8. The fourth-order valence-electron chi connectivity index (χ4n) is 3.34. The van der Waals surface area contributed by atoms with Crippen molar-refractivity contribution in [2.24, 2.45) is 5.92 Å². The minimum Gasteiger partial charge on any atom is -0.480 e. The van der Waals surface area contributed by atoms with Gasteiger partial charge >= 0.3 is 18.1 Å². The Morgan fingerprint density at radius 3 is 2.12 bits per heavy atom. The second kappa shape index (κ2) is 12.9. The van der Waals surface area contributed by atoms with Crippen LogP contribution >= 0.6 is 22.9 Å². The Hall–Kier alpha value is -4.30. The zero-order valence-electron chi connectivity index (χ0n) is 21.2. The van der Waals surface area contributed by atoms with Crippen LogP contribution in [0.25, 0.3) is 21.3 Å². The number of nitrogens with zero attached hydrogens (tertiary/aromatic N) is 2. The number of alkyl halides is 3. The van der Waals surface area contributed by atoms with E-state index in [1.807, 2.05) is 0 Å². The molecular weight excluding hydrogens is 592 g/mol. The molecule has 4 aromatic rings. The fourth-order valence-corrected chi connectivity index (χ4v) is 4.47. The minimum absolute atomic E-state index is 0.257. The number of thiazole rings is 1. The lowest BCUT2D eigenvalue weighted by Gasteiger charge is -2.18. The molecule has 0 aliphatic carbocycles. The van der Waals surface area contributed by atoms with Crippen LogP contribution in [0.2, 0.25) is 5.02 Å². The molecule has 41 heavy (non-hydrogen) atoms. The second-order valence-corrected chi connectivity index (χ2v) is 10.2. The summed E-state index contributed by atoms with van der Waals surface area (Å²) in [4.78, 5) is 41.0. The first-order valence-corrected chi connectivity index (χ1v) is 12.8. The predicted octanol–water partition coefficient (Wildman–Crippen LogP) is 6.37. The van der Waals surface area contributed by atoms with Crippen molar-refractivity contribution in [2.45, 2.75) is 26.1 Å². The smallest absolute Gasteiger partial charge is 0.480 e. The van der Waals surface area contributed by atoms with Gasteiger partial charge in [-0.3, -0.25) is 9.78 Å². The SMILES string of the molecule is CC(C)[C@@H](NC(=O)c1ccc(-c2ccc(Nc3nc4c(Cl)cncc4s3)c(F)c2)cc1)C(=O)O.O=C(O)C(F)(F)F. The Morgan fingerprint density at radius 1 is 1.00 bits per heavy atom. The van der Waals surface area contributed by atoms with Gasteiger partial charge in [-0.05, 0) is 41.3 Å². The number of pyridine rings is 1. The molecule has 0 saturated carbocycles. The van der Waals surface area contributed by atoms with E-state index >= 15 is 0 Å². The monoisotopic (exact) mass is 612 g/mol. The summed E-state index contributed by atoms with van der Waals surface area (Å²) in [6.45, 7) is 3.44. The van der Waals surface area contributed by atoms with E-state index in [0.717, 1.165) is 4.70 Å². The molecule has 0 aliphatic heterocycles. The molecule has 0 bridgehead atoms. The first-order chi connectivity index (χ1) is 19.2. The van der Waals surface area contributed by atoms with Gasteiger partial charge in [-0.15, -0.1) is 0 Å². The number of fused-ring (bicyclic) bond motifs is 1. The number of aromatic nitrogens is 2. The Labute approximate surface area is 238 Å². The van der Waals surface area contributed by atoms with Crippen molar-refractivity contribution >= 4 is 61.8 Å². The van der Waals surface area contributed by atoms with Crippen molar-refractivity contribution in [3.8, 4) is 11.1 Å². The van der Waals surface area contributed by atoms with Gasteiger partial charge in [-0.2, -0.15) is 13.2 Å². The highest BCUT2D eigenvalue weighted by Gasteiger charge is 2.38. The second-order valence-electron chi connectivity index (χ2n) is 8.72. The van der Waals surface area contributed by atoms with Gasteiger partial charge < -0.3 is 20.8 Å². The third kappa shape index (κ3) is 8.11. The highest BCUT2D eigenvalue weighted by atomic mass is 35.5. The van der Waals surface area contributed by atoms with E-state index in [1.54, 1.807) is 56.4 Å². The van der Waals surface area contributed by atoms with Gasteiger partial charge in [0.15, 0.2) is 5.13 Å². The number of amides is 1. The van der Waals surface area contributed by atoms with Crippen molar-refractivity contribution < 1.29 is 42.2 Å². The van der Waals surface area contributed by atoms with Crippen LogP contribution in [0.1, 0.15) is 24.2 Å². The van der Waals surface area contributed by atoms with Crippen LogP contribution in [0.5, 0.6) is 0 Å². The molecule has 4 N–H and O–H groups in total. The van der Waals surface area contributed by atoms with Gasteiger partial charge in [0, 0.05) is 18.0 Å². The molecule has 1 amide bonds. The largest absolute Gasteiger partial charge is 0.490 e. The normalized spacial score (nSPS) is 11.9. The number of hydrogen-bond donors (Lipinski definition) is 4. The van der Waals surface area contributed by atoms with Crippen LogP contribution in [0.3, 0.4) is 0 Å². The van der Waals surface area contributed by atoms with Crippen LogP contribution < -0.4 is 10.6 Å². The van der Waals surface area contributed by atoms with E-state index in [4.69, 9.17) is 21.5 Å². The first-order valence-electron chi connectivity index (χ1n) is 11.6. The van der Waals surface area contributed by atoms with Gasteiger partial charge in [0.1, 0.15) is 17.4 Å². The molecule has 2 heterocycles. The van der Waals surface area contributed by atoms with Crippen molar-refractivity contribution in [2.75, 3.05) is 5.32 Å². The predicted molar refractivity (Wildman–Crippen MR) is 145 cm³/mol. The molecule has 9 nitrogen and oxygen atoms in total. The summed E-state index contributed by atoms with van der Waals surface area (Å²) >= 11 is 7.42. The van der Waals surface area contributed by atoms with Gasteiger partial charge in [0.25, 0.3) is 5.91 Å². The molecule has 2 aromatic carbocycles. The molecule has 15 heteroatoms. The van der Waals surface area contributed by atoms with Crippen molar-refractivity contribution in [1.29, 1.82) is 0 Å². The van der Waals surface area contributed by atoms with Gasteiger partial charge in [-0.1, -0.05) is 55.0 Å². The lowest BCUT2D eigenvalue weighted by Crippen LogP contribution is -2.44. The number of carboxylic acid groups (broad SMARTS) is 2. The molecule has 0 fully saturated rings. The first kappa shape index (κ1) is 31.2. The van der Waals surface area contributed by atoms with Crippen LogP contribution in [0.15, 0.2) is 54.9 Å². The molecule has 0 radical (unpaired) electrons. The summed E-state index contributed by atoms with van der Waals surface area (Å²) in [7, 11) is 0. The molecule has 0 aliphatic rings. The summed E-state index contributed by atoms with van der Waals surface area (Å²) < 4.78 is 47.3. The fraction of sp³-hybridized carbons (Fsp3) is 0.192. The Balaban J connectivity index is 0.000000587. The molecular formula is C26H21ClF4N4O5S. The standard InChI is InChI=1S/C24H20ClFN4O3S.C2HF3O2/c1-12(2)20(23(32)33)29-22(31)14-5-3-13(4-6-14)15-7-8-18(17(26)9-15)28-24-30-21-16(25)10-27-11-19(21)34-24;3-2(4,5)1(6)7/h3-12,20H,1-2H3,(H,28,30)(H,29,31)(H,32,33);(H,6,7)/t20-;/m1./s1. The lowest BCUT2D eigenvalue weighted by atomic mass is 10.0. The highest BCUT2D eigenvalue weighted by molar-refractivity contribution is 7.22. The van der Waals surface area contributed by atoms with E-state index < -0.39 is 35.9 Å². The number of halogens is 5. The Morgan fingerprint density at radius 2 is 1.61 bits per heavy atom. The summed E-state index contributed by atoms with van der Waals surface area (Å²) in [5, 5.41) is 22.8. The van der Waals surface area contributed by atoms with E-state index in [0.29, 0.717) is 32.4 Å². The molecule has 0 unspecified atom stereocenters. The number of rotatable bonds is 7. The van der Waals surface area contributed by atoms with E-state index in [-0.39, 0.29) is 11.6 Å². The summed E-state index contributed by atoms with van der Waals surface area (Å²) in [6.07, 6.45) is -1.93. The van der Waals surface area contributed by atoms with E-state index in [9.17, 15) is 32.3 Å². The van der Waals surface area contributed by atoms with Crippen molar-refractivity contribution in [1.82, 2.24) is 15.3 Å². The number of aliphatic carboxylic acids is 2. The molecule has 1 atom stereocenters. The van der Waals surface area contributed by atoms with E-state index in [1.165, 1.54) is 23.6 Å². The number of carbonyl (C=O) groups is 3. The number of anilines is 2. The van der Waals surface area contributed by atoms with Crippen LogP contribution in [-0.4, -0.2) is 50.2 Å². The van der Waals surface area contributed by atoms with Crippen molar-refractivity contribution in [3.63, 3.8) is 0 Å². The van der Waals surface area contributed by atoms with Crippen LogP contribution in [0, 0.1) is 11.7 Å². The quantitative estimate of drug-likeness (QED) is 0.177. The van der Waals surface area contributed by atoms with Crippen LogP contribution in [0.4, 0.5) is 28.4 Å². The molecule has 2 aromatic heterocycles. The molecule has 0 saturated heterocycles. The van der Waals surface area contributed by atoms with Crippen molar-refractivity contribution in [3.05, 3.63) is 71.3 Å². The van der Waals surface area contributed by atoms with Gasteiger partial charge in [-0.25, -0.2) is 19.0 Å². The third-order valence-corrected chi connectivity index (χ3v) is 6.59. The Kier molecular flexibility index (Phi) is 9.83. The van der Waals surface area contributed by atoms with Crippen LogP contribution in [-0.2, 0) is 9.59 Å². The molecule has 4 rings (SSSR count). The molecule has 216 valence electrons. The summed E-state index contributed by atoms with van der Waals surface area (Å²) in [5.41, 5.74) is 2.51. The maximum atomic E-state index is 14.8. The average Bonchev–Trinajstić information content (AvgIpc) is 3.32. The summed E-state index contributed by atoms with van der Waals surface area (Å²) in [6, 6.07) is 10.3. The zero-order valence-corrected chi connectivity index (χ0v) is 22.7. The number of carbonyl (C=O) groups excluding carboxylic acids is 1. The third-order valence-electron chi connectivity index (χ3n) is 5.41. The topological polar surface area (TPSA) is 142 Å². The van der Waals surface area contributed by atoms with E-state index in [2.05, 4.69) is 20.6 Å². The Bertz CT molecular complexity index is 1580.